The summed E-state index contributed by atoms with van der Waals surface area (Å²) in [6.45, 7) is 1.23. The number of amides is 1. The molecule has 2 heterocycles. The van der Waals surface area contributed by atoms with Gasteiger partial charge in [0.2, 0.25) is 15.9 Å². The number of hydrogen-bond donors (Lipinski definition) is 4. The number of aromatic nitrogens is 1. The normalized spacial score (nSPS) is 22.1. The van der Waals surface area contributed by atoms with Gasteiger partial charge in [-0.05, 0) is 86.6 Å². The van der Waals surface area contributed by atoms with E-state index < -0.39 is 27.4 Å². The number of primary sulfonamides is 1. The van der Waals surface area contributed by atoms with Crippen molar-refractivity contribution in [1.82, 2.24) is 10.3 Å². The number of carbonyl (C=O) groups is 2. The van der Waals surface area contributed by atoms with Crippen LogP contribution in [0.2, 0.25) is 0 Å². The number of sulfonamides is 1. The maximum absolute atomic E-state index is 13.0. The number of aryl methyl sites for hydroxylation is 2. The second-order valence-electron chi connectivity index (χ2n) is 11.0. The summed E-state index contributed by atoms with van der Waals surface area (Å²) in [7, 11) is -3.83. The fourth-order valence-corrected chi connectivity index (χ4v) is 6.06. The van der Waals surface area contributed by atoms with E-state index in [1.807, 2.05) is 0 Å². The summed E-state index contributed by atoms with van der Waals surface area (Å²) in [4.78, 5) is 29.6. The molecule has 2 fully saturated rings. The number of hydrogen-bond acceptors (Lipinski definition) is 7. The fourth-order valence-electron chi connectivity index (χ4n) is 5.55. The van der Waals surface area contributed by atoms with Gasteiger partial charge in [0.05, 0.1) is 16.4 Å². The first kappa shape index (κ1) is 27.5. The third-order valence-corrected chi connectivity index (χ3v) is 9.17. The lowest BCUT2D eigenvalue weighted by Gasteiger charge is -2.35. The van der Waals surface area contributed by atoms with E-state index >= 15 is 0 Å². The molecule has 2 saturated carbocycles. The molecule has 0 unspecified atom stereocenters. The van der Waals surface area contributed by atoms with Gasteiger partial charge in [0, 0.05) is 25.3 Å². The molecule has 0 spiro atoms. The highest BCUT2D eigenvalue weighted by atomic mass is 32.2. The summed E-state index contributed by atoms with van der Waals surface area (Å²) in [5, 5.41) is 20.9. The summed E-state index contributed by atoms with van der Waals surface area (Å²) in [5.74, 6) is 0.131. The topological polar surface area (TPSA) is 161 Å². The quantitative estimate of drug-likeness (QED) is 0.310. The minimum atomic E-state index is -3.83. The van der Waals surface area contributed by atoms with E-state index in [2.05, 4.69) is 22.8 Å². The van der Waals surface area contributed by atoms with Crippen molar-refractivity contribution >= 4 is 27.7 Å². The Hall–Kier alpha value is -3.02. The molecular formula is C28H36N4O6S. The van der Waals surface area contributed by atoms with Crippen molar-refractivity contribution < 1.29 is 27.9 Å². The lowest BCUT2D eigenvalue weighted by atomic mass is 9.79. The lowest BCUT2D eigenvalue weighted by Crippen LogP contribution is -2.46. The molecule has 1 atom stereocenters. The second-order valence-corrected chi connectivity index (χ2v) is 12.6. The third kappa shape index (κ3) is 6.42. The van der Waals surface area contributed by atoms with E-state index in [0.717, 1.165) is 56.6 Å². The monoisotopic (exact) mass is 556 g/mol. The molecule has 0 bridgehead atoms. The Labute approximate surface area is 228 Å². The van der Waals surface area contributed by atoms with Crippen molar-refractivity contribution in [3.63, 3.8) is 0 Å². The lowest BCUT2D eigenvalue weighted by molar-refractivity contribution is -0.143. The zero-order valence-corrected chi connectivity index (χ0v) is 22.7. The molecule has 2 aromatic rings. The van der Waals surface area contributed by atoms with Gasteiger partial charge in [0.15, 0.2) is 0 Å². The van der Waals surface area contributed by atoms with Crippen LogP contribution in [0.15, 0.2) is 41.3 Å². The van der Waals surface area contributed by atoms with Crippen molar-refractivity contribution in [3.8, 4) is 0 Å². The number of carbonyl (C=O) groups excluding carboxylic acids is 1. The SMILES string of the molecule is NS(=O)(=O)c1ccc(C2(C(=O)N[C@@H](CCOC3CC(CCc4ccc5c(n4)NCCC5)C3)C(=O)O)CC2)cc1. The van der Waals surface area contributed by atoms with Crippen LogP contribution in [0.5, 0.6) is 0 Å². The van der Waals surface area contributed by atoms with Crippen LogP contribution in [0.1, 0.15) is 61.8 Å². The number of carboxylic acids is 1. The third-order valence-electron chi connectivity index (χ3n) is 8.24. The highest BCUT2D eigenvalue weighted by Gasteiger charge is 2.52. The summed E-state index contributed by atoms with van der Waals surface area (Å²) < 4.78 is 28.9. The molecule has 1 aromatic carbocycles. The van der Waals surface area contributed by atoms with E-state index in [4.69, 9.17) is 14.9 Å². The number of rotatable bonds is 12. The van der Waals surface area contributed by atoms with Gasteiger partial charge in [0.25, 0.3) is 0 Å². The number of fused-ring (bicyclic) bond motifs is 1. The van der Waals surface area contributed by atoms with Crippen LogP contribution in [-0.4, -0.2) is 55.7 Å². The summed E-state index contributed by atoms with van der Waals surface area (Å²) in [5.41, 5.74) is 2.22. The van der Waals surface area contributed by atoms with Gasteiger partial charge < -0.3 is 20.5 Å². The molecule has 0 radical (unpaired) electrons. The number of anilines is 1. The number of benzene rings is 1. The Morgan fingerprint density at radius 2 is 1.92 bits per heavy atom. The minimum Gasteiger partial charge on any atom is -0.480 e. The Bertz CT molecular complexity index is 1320. The number of nitrogens with one attached hydrogen (secondary N) is 2. The molecule has 5 N–H and O–H groups in total. The zero-order chi connectivity index (χ0) is 27.6. The van der Waals surface area contributed by atoms with E-state index in [0.29, 0.717) is 24.3 Å². The predicted molar refractivity (Wildman–Crippen MR) is 145 cm³/mol. The number of pyridine rings is 1. The Balaban J connectivity index is 1.04. The summed E-state index contributed by atoms with van der Waals surface area (Å²) in [6, 6.07) is 9.12. The second kappa shape index (κ2) is 11.2. The largest absolute Gasteiger partial charge is 0.480 e. The Morgan fingerprint density at radius 3 is 2.59 bits per heavy atom. The van der Waals surface area contributed by atoms with Crippen molar-refractivity contribution in [2.24, 2.45) is 11.1 Å². The first-order valence-corrected chi connectivity index (χ1v) is 15.2. The number of nitrogens with zero attached hydrogens (tertiary/aromatic N) is 1. The van der Waals surface area contributed by atoms with Gasteiger partial charge in [0.1, 0.15) is 11.9 Å². The Kier molecular flexibility index (Phi) is 7.93. The van der Waals surface area contributed by atoms with Gasteiger partial charge in [-0.25, -0.2) is 23.3 Å². The van der Waals surface area contributed by atoms with Crippen molar-refractivity contribution in [2.45, 2.75) is 80.2 Å². The summed E-state index contributed by atoms with van der Waals surface area (Å²) in [6.07, 6.45) is 7.55. The van der Waals surface area contributed by atoms with Crippen LogP contribution in [0.25, 0.3) is 0 Å². The number of carboxylic acid groups (broad SMARTS) is 1. The van der Waals surface area contributed by atoms with Crippen LogP contribution in [0.3, 0.4) is 0 Å². The van der Waals surface area contributed by atoms with Crippen molar-refractivity contribution in [2.75, 3.05) is 18.5 Å². The highest BCUT2D eigenvalue weighted by molar-refractivity contribution is 7.89. The van der Waals surface area contributed by atoms with E-state index in [1.165, 1.54) is 17.7 Å². The van der Waals surface area contributed by atoms with E-state index in [1.54, 1.807) is 12.1 Å². The minimum absolute atomic E-state index is 0.0335. The molecule has 1 aromatic heterocycles. The summed E-state index contributed by atoms with van der Waals surface area (Å²) >= 11 is 0. The van der Waals surface area contributed by atoms with Crippen LogP contribution >= 0.6 is 0 Å². The zero-order valence-electron chi connectivity index (χ0n) is 21.9. The van der Waals surface area contributed by atoms with E-state index in [-0.39, 0.29) is 29.9 Å². The number of nitrogens with two attached hydrogens (primary N) is 1. The molecule has 5 rings (SSSR count). The van der Waals surface area contributed by atoms with Gasteiger partial charge in [-0.3, -0.25) is 4.79 Å². The number of ether oxygens (including phenoxy) is 1. The molecule has 2 aliphatic carbocycles. The maximum Gasteiger partial charge on any atom is 0.326 e. The van der Waals surface area contributed by atoms with Crippen LogP contribution in [0.4, 0.5) is 5.82 Å². The van der Waals surface area contributed by atoms with Crippen molar-refractivity contribution in [1.29, 1.82) is 0 Å². The average Bonchev–Trinajstić information content (AvgIpc) is 3.70. The molecule has 3 aliphatic rings. The van der Waals surface area contributed by atoms with E-state index in [9.17, 15) is 23.1 Å². The number of aliphatic carboxylic acids is 1. The molecule has 10 nitrogen and oxygen atoms in total. The van der Waals surface area contributed by atoms with Gasteiger partial charge in [-0.15, -0.1) is 0 Å². The standard InChI is InChI=1S/C28H36N4O6S/c29-39(36,37)23-9-5-20(6-10-23)28(12-13-28)27(35)32-24(26(33)34)11-15-38-22-16-18(17-22)3-7-21-8-4-19-2-1-14-30-25(19)31-21/h4-6,8-10,18,22,24H,1-3,7,11-17H2,(H,30,31)(H,32,35)(H,33,34)(H2,29,36,37)/t18?,22?,24-/m0/s1. The molecule has 11 heteroatoms. The fraction of sp³-hybridized carbons (Fsp3) is 0.536. The van der Waals surface area contributed by atoms with Gasteiger partial charge in [-0.2, -0.15) is 0 Å². The molecule has 39 heavy (non-hydrogen) atoms. The molecule has 1 amide bonds. The predicted octanol–water partition coefficient (Wildman–Crippen LogP) is 2.51. The van der Waals surface area contributed by atoms with Crippen molar-refractivity contribution in [3.05, 3.63) is 53.2 Å². The molecule has 210 valence electrons. The average molecular weight is 557 g/mol. The smallest absolute Gasteiger partial charge is 0.326 e. The Morgan fingerprint density at radius 1 is 1.18 bits per heavy atom. The first-order valence-electron chi connectivity index (χ1n) is 13.7. The molecule has 1 aliphatic heterocycles. The highest BCUT2D eigenvalue weighted by Crippen LogP contribution is 2.48. The van der Waals surface area contributed by atoms with Crippen LogP contribution in [0, 0.1) is 5.92 Å². The maximum atomic E-state index is 13.0. The molecular weight excluding hydrogens is 520 g/mol. The first-order chi connectivity index (χ1) is 18.6. The van der Waals surface area contributed by atoms with Crippen LogP contribution < -0.4 is 15.8 Å². The van der Waals surface area contributed by atoms with Gasteiger partial charge in [-0.1, -0.05) is 18.2 Å². The van der Waals surface area contributed by atoms with Gasteiger partial charge >= 0.3 is 5.97 Å². The van der Waals surface area contributed by atoms with Crippen LogP contribution in [-0.2, 0) is 42.6 Å². The molecule has 0 saturated heterocycles.